The van der Waals surface area contributed by atoms with Gasteiger partial charge >= 0.3 is 6.18 Å². The molecule has 2 N–H and O–H groups in total. The first kappa shape index (κ1) is 23.0. The molecule has 1 unspecified atom stereocenters. The van der Waals surface area contributed by atoms with Crippen LogP contribution in [0.2, 0.25) is 0 Å². The van der Waals surface area contributed by atoms with Crippen molar-refractivity contribution < 1.29 is 25.9 Å². The molecule has 6 nitrogen and oxygen atoms in total. The number of benzene rings is 2. The third kappa shape index (κ3) is 4.50. The predicted molar refractivity (Wildman–Crippen MR) is 124 cm³/mol. The summed E-state index contributed by atoms with van der Waals surface area (Å²) >= 11 is 0. The van der Waals surface area contributed by atoms with Crippen LogP contribution in [0.5, 0.6) is 0 Å². The van der Waals surface area contributed by atoms with Crippen molar-refractivity contribution in [1.82, 2.24) is 15.3 Å². The minimum absolute atomic E-state index is 0. The number of carbonyl (C=O) groups excluding carboxylic acids is 1. The molecule has 0 aliphatic carbocycles. The largest absolute Gasteiger partial charge is 0.426 e. The Labute approximate surface area is 192 Å². The molecule has 4 rings (SSSR count). The van der Waals surface area contributed by atoms with Gasteiger partial charge in [0.05, 0.1) is 5.52 Å². The van der Waals surface area contributed by atoms with Crippen LogP contribution in [0.3, 0.4) is 0 Å². The number of para-hydroxylation sites is 1. The standard InChI is InChI=1S/C24H25F3N4O2.2H2/c1-15-7-3-4-8-17(15)20-29-19-10-6-5-9-18(19)21(30-20)31-13-11-16(12-14-31)28-22(32)23(2,33)24(25,26)27;;/h3-10,16,33H,11-14H2,1-2H3,(H,28,32);2*1H. The number of fused-ring (bicyclic) bond motifs is 1. The third-order valence-corrected chi connectivity index (χ3v) is 6.09. The number of halogens is 3. The van der Waals surface area contributed by atoms with Gasteiger partial charge < -0.3 is 15.3 Å². The molecule has 0 bridgehead atoms. The van der Waals surface area contributed by atoms with Gasteiger partial charge in [-0.2, -0.15) is 13.2 Å². The highest BCUT2D eigenvalue weighted by molar-refractivity contribution is 5.91. The van der Waals surface area contributed by atoms with Crippen LogP contribution >= 0.6 is 0 Å². The van der Waals surface area contributed by atoms with E-state index in [0.29, 0.717) is 38.7 Å². The lowest BCUT2D eigenvalue weighted by atomic mass is 10.0. The van der Waals surface area contributed by atoms with Crippen molar-refractivity contribution >= 4 is 22.6 Å². The van der Waals surface area contributed by atoms with Crippen molar-refractivity contribution in [3.05, 3.63) is 54.1 Å². The number of carbonyl (C=O) groups is 1. The Balaban J connectivity index is 0.00000216. The average Bonchev–Trinajstić information content (AvgIpc) is 2.78. The number of anilines is 1. The van der Waals surface area contributed by atoms with Gasteiger partial charge in [0, 0.05) is 32.9 Å². The second-order valence-corrected chi connectivity index (χ2v) is 8.51. The number of rotatable bonds is 4. The van der Waals surface area contributed by atoms with Crippen molar-refractivity contribution in [3.63, 3.8) is 0 Å². The molecule has 0 spiro atoms. The maximum atomic E-state index is 12.9. The lowest BCUT2D eigenvalue weighted by molar-refractivity contribution is -0.245. The molecule has 0 radical (unpaired) electrons. The molecule has 9 heteroatoms. The smallest absolute Gasteiger partial charge is 0.373 e. The van der Waals surface area contributed by atoms with Gasteiger partial charge in [0.1, 0.15) is 5.82 Å². The number of piperidine rings is 1. The second kappa shape index (κ2) is 8.62. The lowest BCUT2D eigenvalue weighted by Crippen LogP contribution is -2.58. The Morgan fingerprint density at radius 1 is 1.09 bits per heavy atom. The summed E-state index contributed by atoms with van der Waals surface area (Å²) in [5.74, 6) is -0.0628. The summed E-state index contributed by atoms with van der Waals surface area (Å²) in [6, 6.07) is 15.1. The van der Waals surface area contributed by atoms with Crippen LogP contribution in [-0.4, -0.2) is 51.9 Å². The summed E-state index contributed by atoms with van der Waals surface area (Å²) in [5.41, 5.74) is -0.634. The molecule has 1 aliphatic heterocycles. The molecule has 2 aromatic carbocycles. The number of hydrogen-bond acceptors (Lipinski definition) is 5. The second-order valence-electron chi connectivity index (χ2n) is 8.51. The SMILES string of the molecule is Cc1ccccc1-c1nc(N2CCC(NC(=O)C(C)(O)C(F)(F)F)CC2)c2ccccc2n1.[HH].[HH]. The molecule has 2 heterocycles. The minimum atomic E-state index is -5.04. The molecule has 1 amide bonds. The number of hydrogen-bond donors (Lipinski definition) is 2. The fraction of sp³-hybridized carbons (Fsp3) is 0.375. The highest BCUT2D eigenvalue weighted by Crippen LogP contribution is 2.32. The summed E-state index contributed by atoms with van der Waals surface area (Å²) in [5, 5.41) is 12.8. The van der Waals surface area contributed by atoms with Crippen LogP contribution in [0.15, 0.2) is 48.5 Å². The zero-order chi connectivity index (χ0) is 23.8. The van der Waals surface area contributed by atoms with Crippen LogP contribution in [0.25, 0.3) is 22.3 Å². The minimum Gasteiger partial charge on any atom is -0.373 e. The third-order valence-electron chi connectivity index (χ3n) is 6.09. The van der Waals surface area contributed by atoms with Gasteiger partial charge in [0.2, 0.25) is 5.60 Å². The number of aryl methyl sites for hydroxylation is 1. The van der Waals surface area contributed by atoms with Gasteiger partial charge in [-0.3, -0.25) is 4.79 Å². The van der Waals surface area contributed by atoms with Gasteiger partial charge in [0.25, 0.3) is 5.91 Å². The summed E-state index contributed by atoms with van der Waals surface area (Å²) in [7, 11) is 0. The number of nitrogens with zero attached hydrogens (tertiary/aromatic N) is 3. The Morgan fingerprint density at radius 3 is 2.39 bits per heavy atom. The Bertz CT molecular complexity index is 1180. The molecule has 178 valence electrons. The summed E-state index contributed by atoms with van der Waals surface area (Å²) in [6.07, 6.45) is -4.18. The molecule has 1 fully saturated rings. The highest BCUT2D eigenvalue weighted by atomic mass is 19.4. The Hall–Kier alpha value is -3.20. The van der Waals surface area contributed by atoms with Gasteiger partial charge in [-0.05, 0) is 44.4 Å². The normalized spacial score (nSPS) is 17.1. The van der Waals surface area contributed by atoms with Gasteiger partial charge in [-0.15, -0.1) is 0 Å². The highest BCUT2D eigenvalue weighted by Gasteiger charge is 2.56. The number of aromatic nitrogens is 2. The number of aliphatic hydroxyl groups is 1. The van der Waals surface area contributed by atoms with Crippen molar-refractivity contribution in [2.75, 3.05) is 18.0 Å². The van der Waals surface area contributed by atoms with Crippen LogP contribution in [0, 0.1) is 6.92 Å². The van der Waals surface area contributed by atoms with E-state index in [-0.39, 0.29) is 2.85 Å². The lowest BCUT2D eigenvalue weighted by Gasteiger charge is -2.35. The molecule has 1 aromatic heterocycles. The van der Waals surface area contributed by atoms with Gasteiger partial charge in [-0.25, -0.2) is 9.97 Å². The number of nitrogens with one attached hydrogen (secondary N) is 1. The number of amides is 1. The van der Waals surface area contributed by atoms with Crippen LogP contribution < -0.4 is 10.2 Å². The first-order valence-electron chi connectivity index (χ1n) is 10.8. The van der Waals surface area contributed by atoms with E-state index >= 15 is 0 Å². The Kier molecular flexibility index (Phi) is 6.00. The molecule has 1 saturated heterocycles. The maximum Gasteiger partial charge on any atom is 0.426 e. The monoisotopic (exact) mass is 462 g/mol. The van der Waals surface area contributed by atoms with E-state index in [0.717, 1.165) is 27.8 Å². The average molecular weight is 463 g/mol. The molecule has 1 aliphatic rings. The summed E-state index contributed by atoms with van der Waals surface area (Å²) in [4.78, 5) is 23.7. The van der Waals surface area contributed by atoms with Crippen LogP contribution in [-0.2, 0) is 4.79 Å². The van der Waals surface area contributed by atoms with Crippen LogP contribution in [0.4, 0.5) is 19.0 Å². The molecular weight excluding hydrogens is 433 g/mol. The van der Waals surface area contributed by atoms with Crippen molar-refractivity contribution in [1.29, 1.82) is 0 Å². The van der Waals surface area contributed by atoms with E-state index in [9.17, 15) is 23.1 Å². The Morgan fingerprint density at radius 2 is 1.73 bits per heavy atom. The molecule has 33 heavy (non-hydrogen) atoms. The molecule has 1 atom stereocenters. The predicted octanol–water partition coefficient (Wildman–Crippen LogP) is 4.50. The molecular formula is C24H29F3N4O2. The summed E-state index contributed by atoms with van der Waals surface area (Å²) in [6.45, 7) is 3.45. The van der Waals surface area contributed by atoms with E-state index in [1.165, 1.54) is 0 Å². The van der Waals surface area contributed by atoms with E-state index in [1.54, 1.807) is 0 Å². The quantitative estimate of drug-likeness (QED) is 0.597. The van der Waals surface area contributed by atoms with E-state index in [1.807, 2.05) is 55.5 Å². The van der Waals surface area contributed by atoms with E-state index in [4.69, 9.17) is 9.97 Å². The molecule has 3 aromatic rings. The fourth-order valence-electron chi connectivity index (χ4n) is 3.94. The van der Waals surface area contributed by atoms with E-state index < -0.39 is 23.7 Å². The fourth-order valence-corrected chi connectivity index (χ4v) is 3.94. The molecule has 0 saturated carbocycles. The van der Waals surface area contributed by atoms with Crippen molar-refractivity contribution in [2.45, 2.75) is 44.5 Å². The van der Waals surface area contributed by atoms with Crippen LogP contribution in [0.1, 0.15) is 28.2 Å². The number of alkyl halides is 3. The zero-order valence-electron chi connectivity index (χ0n) is 18.4. The van der Waals surface area contributed by atoms with Gasteiger partial charge in [-0.1, -0.05) is 36.4 Å². The van der Waals surface area contributed by atoms with E-state index in [2.05, 4.69) is 10.2 Å². The zero-order valence-corrected chi connectivity index (χ0v) is 18.4. The first-order chi connectivity index (χ1) is 15.6. The topological polar surface area (TPSA) is 78.4 Å². The van der Waals surface area contributed by atoms with Gasteiger partial charge in [0.15, 0.2) is 5.82 Å². The maximum absolute atomic E-state index is 12.9. The van der Waals surface area contributed by atoms with Crippen molar-refractivity contribution in [3.8, 4) is 11.4 Å². The first-order valence-corrected chi connectivity index (χ1v) is 10.8. The van der Waals surface area contributed by atoms with Crippen molar-refractivity contribution in [2.24, 2.45) is 0 Å². The summed E-state index contributed by atoms with van der Waals surface area (Å²) < 4.78 is 38.8.